The highest BCUT2D eigenvalue weighted by Gasteiger charge is 2.37. The summed E-state index contributed by atoms with van der Waals surface area (Å²) >= 11 is 0. The monoisotopic (exact) mass is 230 g/mol. The van der Waals surface area contributed by atoms with Gasteiger partial charge in [-0.1, -0.05) is 0 Å². The molecule has 4 N–H and O–H groups in total. The number of hydrogen-bond acceptors (Lipinski definition) is 4. The SMILES string of the molecule is O=C1NCCN1C(O)C(O)N1CCNC1=O. The molecule has 2 atom stereocenters. The van der Waals surface area contributed by atoms with E-state index in [1.165, 1.54) is 0 Å². The van der Waals surface area contributed by atoms with E-state index in [1.807, 2.05) is 0 Å². The maximum Gasteiger partial charge on any atom is 0.319 e. The number of amides is 4. The highest BCUT2D eigenvalue weighted by Crippen LogP contribution is 2.11. The third kappa shape index (κ3) is 1.76. The Morgan fingerprint density at radius 3 is 1.56 bits per heavy atom. The normalized spacial score (nSPS) is 24.4. The molecule has 0 aliphatic carbocycles. The molecular weight excluding hydrogens is 216 g/mol. The van der Waals surface area contributed by atoms with Gasteiger partial charge in [-0.05, 0) is 0 Å². The Morgan fingerprint density at radius 2 is 1.31 bits per heavy atom. The summed E-state index contributed by atoms with van der Waals surface area (Å²) in [4.78, 5) is 24.7. The minimum Gasteiger partial charge on any atom is -0.369 e. The van der Waals surface area contributed by atoms with Crippen LogP contribution in [-0.4, -0.2) is 70.7 Å². The molecule has 2 saturated heterocycles. The van der Waals surface area contributed by atoms with Crippen molar-refractivity contribution < 1.29 is 19.8 Å². The Labute approximate surface area is 91.8 Å². The maximum absolute atomic E-state index is 11.2. The van der Waals surface area contributed by atoms with Crippen LogP contribution in [0.15, 0.2) is 0 Å². The molecule has 2 unspecified atom stereocenters. The van der Waals surface area contributed by atoms with Crippen LogP contribution in [0.2, 0.25) is 0 Å². The molecule has 0 aromatic heterocycles. The van der Waals surface area contributed by atoms with Crippen molar-refractivity contribution in [2.75, 3.05) is 26.2 Å². The molecule has 0 saturated carbocycles. The number of aliphatic hydroxyl groups excluding tert-OH is 2. The number of carbonyl (C=O) groups excluding carboxylic acids is 2. The van der Waals surface area contributed by atoms with Crippen LogP contribution in [0.5, 0.6) is 0 Å². The average Bonchev–Trinajstić information content (AvgIpc) is 2.85. The molecule has 0 spiro atoms. The first-order valence-electron chi connectivity index (χ1n) is 5.06. The van der Waals surface area contributed by atoms with Crippen molar-refractivity contribution in [2.24, 2.45) is 0 Å². The molecule has 0 bridgehead atoms. The zero-order chi connectivity index (χ0) is 11.7. The molecule has 2 heterocycles. The van der Waals surface area contributed by atoms with Crippen LogP contribution in [0.4, 0.5) is 9.59 Å². The molecule has 2 rings (SSSR count). The lowest BCUT2D eigenvalue weighted by Gasteiger charge is -2.31. The van der Waals surface area contributed by atoms with Crippen molar-refractivity contribution in [1.82, 2.24) is 20.4 Å². The third-order valence-electron chi connectivity index (χ3n) is 2.68. The van der Waals surface area contributed by atoms with E-state index in [1.54, 1.807) is 0 Å². The largest absolute Gasteiger partial charge is 0.369 e. The molecule has 8 nitrogen and oxygen atoms in total. The summed E-state index contributed by atoms with van der Waals surface area (Å²) in [7, 11) is 0. The molecule has 2 aliphatic rings. The molecule has 0 aromatic carbocycles. The number of carbonyl (C=O) groups is 2. The Kier molecular flexibility index (Phi) is 2.84. The van der Waals surface area contributed by atoms with Gasteiger partial charge >= 0.3 is 12.1 Å². The minimum atomic E-state index is -1.40. The number of rotatable bonds is 3. The van der Waals surface area contributed by atoms with Gasteiger partial charge < -0.3 is 20.8 Å². The third-order valence-corrected chi connectivity index (χ3v) is 2.68. The highest BCUT2D eigenvalue weighted by atomic mass is 16.4. The van der Waals surface area contributed by atoms with Crippen LogP contribution in [0.1, 0.15) is 0 Å². The fourth-order valence-corrected chi connectivity index (χ4v) is 1.80. The second kappa shape index (κ2) is 4.14. The zero-order valence-corrected chi connectivity index (χ0v) is 8.59. The van der Waals surface area contributed by atoms with Gasteiger partial charge in [0.2, 0.25) is 0 Å². The Morgan fingerprint density at radius 1 is 0.938 bits per heavy atom. The van der Waals surface area contributed by atoms with E-state index in [4.69, 9.17) is 0 Å². The standard InChI is InChI=1S/C8H14N4O4/c13-5(11-3-1-9-7(11)15)6(14)12-4-2-10-8(12)16/h5-6,13-14H,1-4H2,(H,9,15)(H,10,16). The maximum atomic E-state index is 11.2. The van der Waals surface area contributed by atoms with E-state index in [2.05, 4.69) is 10.6 Å². The van der Waals surface area contributed by atoms with Crippen LogP contribution in [-0.2, 0) is 0 Å². The topological polar surface area (TPSA) is 105 Å². The molecule has 2 aliphatic heterocycles. The molecule has 16 heavy (non-hydrogen) atoms. The molecule has 90 valence electrons. The Balaban J connectivity index is 2.00. The number of nitrogens with zero attached hydrogens (tertiary/aromatic N) is 2. The van der Waals surface area contributed by atoms with E-state index in [-0.39, 0.29) is 0 Å². The van der Waals surface area contributed by atoms with Crippen molar-refractivity contribution >= 4 is 12.1 Å². The predicted octanol–water partition coefficient (Wildman–Crippen LogP) is -2.33. The molecule has 8 heteroatoms. The van der Waals surface area contributed by atoms with Crippen LogP contribution in [0.3, 0.4) is 0 Å². The summed E-state index contributed by atoms with van der Waals surface area (Å²) in [6, 6.07) is -0.877. The van der Waals surface area contributed by atoms with Gasteiger partial charge in [-0.25, -0.2) is 9.59 Å². The fourth-order valence-electron chi connectivity index (χ4n) is 1.80. The number of hydrogen-bond donors (Lipinski definition) is 4. The van der Waals surface area contributed by atoms with E-state index < -0.39 is 24.5 Å². The fraction of sp³-hybridized carbons (Fsp3) is 0.750. The summed E-state index contributed by atoms with van der Waals surface area (Å²) in [5.74, 6) is 0. The number of nitrogens with one attached hydrogen (secondary N) is 2. The van der Waals surface area contributed by atoms with E-state index in [0.717, 1.165) is 9.80 Å². The van der Waals surface area contributed by atoms with Crippen molar-refractivity contribution in [3.8, 4) is 0 Å². The molecule has 0 aromatic rings. The van der Waals surface area contributed by atoms with Crippen LogP contribution < -0.4 is 10.6 Å². The number of aliphatic hydroxyl groups is 2. The quantitative estimate of drug-likeness (QED) is 0.436. The smallest absolute Gasteiger partial charge is 0.319 e. The Hall–Kier alpha value is -1.54. The number of urea groups is 2. The first-order chi connectivity index (χ1) is 7.61. The van der Waals surface area contributed by atoms with Crippen LogP contribution in [0, 0.1) is 0 Å². The second-order valence-corrected chi connectivity index (χ2v) is 3.68. The summed E-state index contributed by atoms with van der Waals surface area (Å²) in [6.07, 6.45) is -2.79. The van der Waals surface area contributed by atoms with Crippen molar-refractivity contribution in [2.45, 2.75) is 12.5 Å². The summed E-state index contributed by atoms with van der Waals surface area (Å²) < 4.78 is 0. The average molecular weight is 230 g/mol. The van der Waals surface area contributed by atoms with Gasteiger partial charge in [0.15, 0.2) is 12.5 Å². The highest BCUT2D eigenvalue weighted by molar-refractivity contribution is 5.77. The van der Waals surface area contributed by atoms with Gasteiger partial charge in [0.25, 0.3) is 0 Å². The molecular formula is C8H14N4O4. The van der Waals surface area contributed by atoms with Gasteiger partial charge in [-0.3, -0.25) is 9.80 Å². The lowest BCUT2D eigenvalue weighted by atomic mass is 10.4. The van der Waals surface area contributed by atoms with Gasteiger partial charge in [0.1, 0.15) is 0 Å². The second-order valence-electron chi connectivity index (χ2n) is 3.68. The van der Waals surface area contributed by atoms with Crippen molar-refractivity contribution in [3.05, 3.63) is 0 Å². The molecule has 0 radical (unpaired) electrons. The lowest BCUT2D eigenvalue weighted by molar-refractivity contribution is -0.108. The first kappa shape index (κ1) is 11.0. The van der Waals surface area contributed by atoms with E-state index >= 15 is 0 Å². The molecule has 2 fully saturated rings. The summed E-state index contributed by atoms with van der Waals surface area (Å²) in [5, 5.41) is 24.5. The van der Waals surface area contributed by atoms with Gasteiger partial charge in [-0.2, -0.15) is 0 Å². The molecule has 4 amide bonds. The summed E-state index contributed by atoms with van der Waals surface area (Å²) in [6.45, 7) is 1.47. The van der Waals surface area contributed by atoms with Crippen molar-refractivity contribution in [1.29, 1.82) is 0 Å². The minimum absolute atomic E-state index is 0.312. The van der Waals surface area contributed by atoms with Crippen LogP contribution >= 0.6 is 0 Å². The first-order valence-corrected chi connectivity index (χ1v) is 5.06. The predicted molar refractivity (Wildman–Crippen MR) is 52.2 cm³/mol. The zero-order valence-electron chi connectivity index (χ0n) is 8.59. The van der Waals surface area contributed by atoms with Gasteiger partial charge in [0.05, 0.1) is 0 Å². The lowest BCUT2D eigenvalue weighted by Crippen LogP contribution is -2.53. The van der Waals surface area contributed by atoms with Crippen LogP contribution in [0.25, 0.3) is 0 Å². The summed E-state index contributed by atoms with van der Waals surface area (Å²) in [5.41, 5.74) is 0. The van der Waals surface area contributed by atoms with Gasteiger partial charge in [0, 0.05) is 26.2 Å². The van der Waals surface area contributed by atoms with E-state index in [9.17, 15) is 19.8 Å². The van der Waals surface area contributed by atoms with Crippen molar-refractivity contribution in [3.63, 3.8) is 0 Å². The van der Waals surface area contributed by atoms with Gasteiger partial charge in [-0.15, -0.1) is 0 Å². The van der Waals surface area contributed by atoms with E-state index in [0.29, 0.717) is 26.2 Å². The Bertz CT molecular complexity index is 280.